The van der Waals surface area contributed by atoms with Crippen molar-refractivity contribution in [3.63, 3.8) is 0 Å². The molecule has 2 unspecified atom stereocenters. The van der Waals surface area contributed by atoms with E-state index in [1.807, 2.05) is 0 Å². The number of aromatic nitrogens is 2. The zero-order chi connectivity index (χ0) is 27.2. The first-order chi connectivity index (χ1) is 18.6. The number of halogens is 5. The van der Waals surface area contributed by atoms with Crippen molar-refractivity contribution in [3.05, 3.63) is 58.7 Å². The van der Waals surface area contributed by atoms with E-state index in [1.54, 1.807) is 0 Å². The molecule has 4 aliphatic rings. The van der Waals surface area contributed by atoms with Crippen LogP contribution in [0.25, 0.3) is 43.6 Å². The number of hydrogen-bond acceptors (Lipinski definition) is 5. The monoisotopic (exact) mass is 543 g/mol. The molecule has 0 spiro atoms. The summed E-state index contributed by atoms with van der Waals surface area (Å²) in [5.74, 6) is -6.85. The minimum Gasteiger partial charge on any atom is -0.388 e. The first-order valence-corrected chi connectivity index (χ1v) is 11.9. The number of benzene rings is 3. The lowest BCUT2D eigenvalue weighted by Crippen LogP contribution is -2.54. The van der Waals surface area contributed by atoms with Crippen molar-refractivity contribution in [2.75, 3.05) is 6.67 Å². The number of alkyl halides is 1. The Morgan fingerprint density at radius 3 is 1.79 bits per heavy atom. The average molecular weight is 543 g/mol. The summed E-state index contributed by atoms with van der Waals surface area (Å²) in [7, 11) is 0. The number of nitrogens with one attached hydrogen (secondary N) is 1. The van der Waals surface area contributed by atoms with Gasteiger partial charge in [0.15, 0.2) is 29.5 Å². The molecule has 198 valence electrons. The maximum absolute atomic E-state index is 14.6. The number of carbonyl (C=O) groups excluding carboxylic acids is 2. The van der Waals surface area contributed by atoms with Gasteiger partial charge in [0, 0.05) is 33.7 Å². The van der Waals surface area contributed by atoms with Crippen molar-refractivity contribution in [3.8, 4) is 0 Å². The van der Waals surface area contributed by atoms with E-state index in [0.717, 1.165) is 24.3 Å². The van der Waals surface area contributed by atoms with E-state index in [1.165, 1.54) is 9.13 Å². The number of aliphatic hydroxyl groups is 2. The molecule has 8 nitrogen and oxygen atoms in total. The van der Waals surface area contributed by atoms with Crippen LogP contribution in [0.1, 0.15) is 33.0 Å². The molecule has 2 amide bonds. The van der Waals surface area contributed by atoms with Crippen LogP contribution in [0.5, 0.6) is 0 Å². The summed E-state index contributed by atoms with van der Waals surface area (Å²) in [6, 6.07) is 1.83. The number of nitrogens with zero attached hydrogens (tertiary/aromatic N) is 2. The zero-order valence-electron chi connectivity index (χ0n) is 19.3. The third kappa shape index (κ3) is 2.49. The van der Waals surface area contributed by atoms with Gasteiger partial charge in [0.2, 0.25) is 0 Å². The minimum absolute atomic E-state index is 0.00520. The number of carbonyl (C=O) groups is 2. The number of ether oxygens (including phenoxy) is 1. The molecule has 6 heterocycles. The molecule has 3 N–H and O–H groups in total. The molecular formula is C26H14F5N3O5. The van der Waals surface area contributed by atoms with Crippen LogP contribution in [0.3, 0.4) is 0 Å². The van der Waals surface area contributed by atoms with Crippen LogP contribution in [0, 0.1) is 23.3 Å². The summed E-state index contributed by atoms with van der Waals surface area (Å²) in [6.07, 6.45) is -6.45. The van der Waals surface area contributed by atoms with Crippen LogP contribution in [0.15, 0.2) is 24.3 Å². The van der Waals surface area contributed by atoms with Crippen LogP contribution in [0.4, 0.5) is 22.0 Å². The maximum atomic E-state index is 14.6. The molecular weight excluding hydrogens is 529 g/mol. The molecule has 5 atom stereocenters. The molecule has 0 aliphatic carbocycles. The highest BCUT2D eigenvalue weighted by Gasteiger charge is 2.51. The SMILES string of the molecule is O=C1NC(=O)c2c1c1c3cc(F)c(F)cc3n3c1c1c2c2cc(F)c(F)cc2n1[C@@H]1C(O)C(O)[C@H]3O[C@@H]1CF. The van der Waals surface area contributed by atoms with Crippen molar-refractivity contribution in [1.82, 2.24) is 14.5 Å². The normalized spacial score (nSPS) is 25.9. The Labute approximate surface area is 212 Å². The fraction of sp³-hybridized carbons (Fsp3) is 0.231. The van der Waals surface area contributed by atoms with Crippen LogP contribution < -0.4 is 5.32 Å². The molecule has 39 heavy (non-hydrogen) atoms. The van der Waals surface area contributed by atoms with Gasteiger partial charge in [0.05, 0.1) is 39.2 Å². The smallest absolute Gasteiger partial charge is 0.259 e. The predicted octanol–water partition coefficient (Wildman–Crippen LogP) is 3.49. The van der Waals surface area contributed by atoms with Gasteiger partial charge < -0.3 is 24.1 Å². The number of amides is 2. The summed E-state index contributed by atoms with van der Waals surface area (Å²) in [5.41, 5.74) is -0.510. The minimum atomic E-state index is -1.75. The van der Waals surface area contributed by atoms with Gasteiger partial charge in [-0.2, -0.15) is 0 Å². The third-order valence-corrected chi connectivity index (χ3v) is 8.14. The van der Waals surface area contributed by atoms with Gasteiger partial charge >= 0.3 is 0 Å². The molecule has 13 heteroatoms. The molecule has 9 rings (SSSR count). The Hall–Kier alpha value is -4.07. The summed E-state index contributed by atoms with van der Waals surface area (Å²) >= 11 is 0. The van der Waals surface area contributed by atoms with Crippen molar-refractivity contribution in [2.45, 2.75) is 30.6 Å². The highest BCUT2D eigenvalue weighted by Crippen LogP contribution is 2.52. The van der Waals surface area contributed by atoms with E-state index in [4.69, 9.17) is 4.74 Å². The Morgan fingerprint density at radius 2 is 1.26 bits per heavy atom. The molecule has 0 radical (unpaired) electrons. The van der Waals surface area contributed by atoms with E-state index < -0.39 is 72.3 Å². The van der Waals surface area contributed by atoms with Gasteiger partial charge in [0.25, 0.3) is 11.8 Å². The lowest BCUT2D eigenvalue weighted by atomic mass is 9.93. The average Bonchev–Trinajstić information content (AvgIpc) is 3.47. The highest BCUT2D eigenvalue weighted by molar-refractivity contribution is 6.39. The van der Waals surface area contributed by atoms with Crippen molar-refractivity contribution in [2.24, 2.45) is 0 Å². The van der Waals surface area contributed by atoms with Gasteiger partial charge in [0.1, 0.15) is 25.0 Å². The summed E-state index contributed by atoms with van der Waals surface area (Å²) in [6.45, 7) is -1.18. The van der Waals surface area contributed by atoms with E-state index >= 15 is 0 Å². The van der Waals surface area contributed by atoms with Gasteiger partial charge in [-0.3, -0.25) is 14.9 Å². The fourth-order valence-electron chi connectivity index (χ4n) is 6.68. The Morgan fingerprint density at radius 1 is 0.769 bits per heavy atom. The molecule has 1 fully saturated rings. The van der Waals surface area contributed by atoms with Crippen LogP contribution in [0.2, 0.25) is 0 Å². The van der Waals surface area contributed by atoms with Gasteiger partial charge in [-0.25, -0.2) is 22.0 Å². The molecule has 1 saturated heterocycles. The second-order valence-electron chi connectivity index (χ2n) is 9.98. The largest absolute Gasteiger partial charge is 0.388 e. The molecule has 4 aliphatic heterocycles. The number of hydrogen-bond donors (Lipinski definition) is 3. The van der Waals surface area contributed by atoms with E-state index in [2.05, 4.69) is 5.32 Å². The molecule has 2 aromatic heterocycles. The van der Waals surface area contributed by atoms with E-state index in [9.17, 15) is 41.8 Å². The van der Waals surface area contributed by atoms with Crippen LogP contribution in [-0.4, -0.2) is 56.1 Å². The molecule has 2 bridgehead atoms. The second kappa shape index (κ2) is 7.11. The lowest BCUT2D eigenvalue weighted by molar-refractivity contribution is -0.221. The van der Waals surface area contributed by atoms with Crippen LogP contribution in [-0.2, 0) is 4.74 Å². The zero-order valence-corrected chi connectivity index (χ0v) is 19.3. The number of imide groups is 1. The highest BCUT2D eigenvalue weighted by atomic mass is 19.2. The molecule has 0 saturated carbocycles. The van der Waals surface area contributed by atoms with Crippen molar-refractivity contribution < 1.29 is 46.5 Å². The number of fused-ring (bicyclic) bond motifs is 9. The first-order valence-electron chi connectivity index (χ1n) is 11.9. The quantitative estimate of drug-likeness (QED) is 0.222. The number of rotatable bonds is 1. The van der Waals surface area contributed by atoms with Gasteiger partial charge in [-0.1, -0.05) is 0 Å². The van der Waals surface area contributed by atoms with Gasteiger partial charge in [-0.05, 0) is 12.1 Å². The Kier molecular flexibility index (Phi) is 4.17. The second-order valence-corrected chi connectivity index (χ2v) is 9.98. The van der Waals surface area contributed by atoms with Crippen molar-refractivity contribution >= 4 is 55.4 Å². The standard InChI is InChI=1S/C26H14F5N3O5/c27-5-14-19-22(35)23(36)26(39-14)34-13-4-11(31)9(29)2-7(13)16-18-17(24(37)32-25(18)38)15-6-1-8(28)10(30)3-12(6)33(19)20(15)21(16)34/h1-4,14,19,22-23,26,35-36H,5H2,(H,32,37,38)/t14-,19+,22?,23?,26-/m1/s1. The third-order valence-electron chi connectivity index (χ3n) is 8.14. The van der Waals surface area contributed by atoms with Gasteiger partial charge in [-0.15, -0.1) is 0 Å². The van der Waals surface area contributed by atoms with E-state index in [-0.39, 0.29) is 54.7 Å². The first kappa shape index (κ1) is 22.9. The summed E-state index contributed by atoms with van der Waals surface area (Å²) in [5, 5.41) is 24.5. The van der Waals surface area contributed by atoms with Crippen molar-refractivity contribution in [1.29, 1.82) is 0 Å². The number of aliphatic hydroxyl groups excluding tert-OH is 2. The molecule has 3 aromatic carbocycles. The Bertz CT molecular complexity index is 2010. The lowest BCUT2D eigenvalue weighted by Gasteiger charge is -2.45. The maximum Gasteiger partial charge on any atom is 0.259 e. The van der Waals surface area contributed by atoms with Crippen LogP contribution >= 0.6 is 0 Å². The van der Waals surface area contributed by atoms with E-state index in [0.29, 0.717) is 0 Å². The predicted molar refractivity (Wildman–Crippen MR) is 125 cm³/mol. The topological polar surface area (TPSA) is 106 Å². The molecule has 5 aromatic rings. The summed E-state index contributed by atoms with van der Waals surface area (Å²) in [4.78, 5) is 26.3. The summed E-state index contributed by atoms with van der Waals surface area (Å²) < 4.78 is 81.2. The fourth-order valence-corrected chi connectivity index (χ4v) is 6.68. The Balaban J connectivity index is 1.78.